The van der Waals surface area contributed by atoms with E-state index in [1.165, 1.54) is 0 Å². The van der Waals surface area contributed by atoms with E-state index in [4.69, 9.17) is 0 Å². The summed E-state index contributed by atoms with van der Waals surface area (Å²) in [4.78, 5) is 22.1. The van der Waals surface area contributed by atoms with E-state index in [-0.39, 0.29) is 18.2 Å². The maximum Gasteiger partial charge on any atom is 0.244 e. The van der Waals surface area contributed by atoms with Gasteiger partial charge in [-0.15, -0.1) is 0 Å². The molecule has 5 nitrogen and oxygen atoms in total. The molecular formula is C10H16N2O3. The van der Waals surface area contributed by atoms with Gasteiger partial charge in [-0.05, 0) is 12.8 Å². The SMILES string of the molecule is O=C1C[C@@H](NCC2(O)CCCC2)C(=O)N1. The minimum Gasteiger partial charge on any atom is -0.389 e. The molecule has 15 heavy (non-hydrogen) atoms. The lowest BCUT2D eigenvalue weighted by Gasteiger charge is -2.23. The molecule has 2 fully saturated rings. The zero-order valence-corrected chi connectivity index (χ0v) is 8.58. The molecule has 0 unspecified atom stereocenters. The molecule has 0 aromatic heterocycles. The summed E-state index contributed by atoms with van der Waals surface area (Å²) in [6.07, 6.45) is 3.82. The van der Waals surface area contributed by atoms with Crippen LogP contribution >= 0.6 is 0 Å². The predicted octanol–water partition coefficient (Wildman–Crippen LogP) is -0.704. The largest absolute Gasteiger partial charge is 0.389 e. The van der Waals surface area contributed by atoms with Crippen molar-refractivity contribution in [1.82, 2.24) is 10.6 Å². The Kier molecular flexibility index (Phi) is 2.75. The molecule has 5 heteroatoms. The van der Waals surface area contributed by atoms with Crippen molar-refractivity contribution >= 4 is 11.8 Å². The van der Waals surface area contributed by atoms with E-state index < -0.39 is 11.6 Å². The predicted molar refractivity (Wildman–Crippen MR) is 53.0 cm³/mol. The highest BCUT2D eigenvalue weighted by atomic mass is 16.3. The maximum absolute atomic E-state index is 11.2. The number of nitrogens with one attached hydrogen (secondary N) is 2. The molecule has 0 spiro atoms. The molecule has 1 saturated carbocycles. The highest BCUT2D eigenvalue weighted by molar-refractivity contribution is 6.05. The van der Waals surface area contributed by atoms with E-state index in [2.05, 4.69) is 10.6 Å². The number of hydrogen-bond acceptors (Lipinski definition) is 4. The first-order valence-corrected chi connectivity index (χ1v) is 5.39. The molecule has 0 bridgehead atoms. The number of rotatable bonds is 3. The molecule has 1 saturated heterocycles. The van der Waals surface area contributed by atoms with Crippen molar-refractivity contribution in [2.45, 2.75) is 43.7 Å². The Balaban J connectivity index is 1.83. The fraction of sp³-hybridized carbons (Fsp3) is 0.800. The Morgan fingerprint density at radius 1 is 1.40 bits per heavy atom. The van der Waals surface area contributed by atoms with E-state index in [1.54, 1.807) is 0 Å². The van der Waals surface area contributed by atoms with Crippen molar-refractivity contribution < 1.29 is 14.7 Å². The Morgan fingerprint density at radius 3 is 2.60 bits per heavy atom. The number of aliphatic hydroxyl groups is 1. The topological polar surface area (TPSA) is 78.4 Å². The number of carbonyl (C=O) groups is 2. The lowest BCUT2D eigenvalue weighted by atomic mass is 10.0. The van der Waals surface area contributed by atoms with Crippen LogP contribution in [0.25, 0.3) is 0 Å². The zero-order valence-electron chi connectivity index (χ0n) is 8.58. The van der Waals surface area contributed by atoms with Crippen LogP contribution in [0.1, 0.15) is 32.1 Å². The molecule has 1 aliphatic carbocycles. The molecule has 1 heterocycles. The summed E-state index contributed by atoms with van der Waals surface area (Å²) in [5.41, 5.74) is -0.675. The molecule has 1 aliphatic heterocycles. The van der Waals surface area contributed by atoms with Crippen molar-refractivity contribution in [1.29, 1.82) is 0 Å². The first-order valence-electron chi connectivity index (χ1n) is 5.39. The molecular weight excluding hydrogens is 196 g/mol. The summed E-state index contributed by atoms with van der Waals surface area (Å²) < 4.78 is 0. The average molecular weight is 212 g/mol. The number of hydrogen-bond donors (Lipinski definition) is 3. The van der Waals surface area contributed by atoms with Crippen LogP contribution in [0.3, 0.4) is 0 Å². The first kappa shape index (κ1) is 10.6. The third-order valence-electron chi connectivity index (χ3n) is 3.18. The lowest BCUT2D eigenvalue weighted by molar-refractivity contribution is -0.125. The van der Waals surface area contributed by atoms with E-state index in [0.717, 1.165) is 25.7 Å². The third kappa shape index (κ3) is 2.35. The number of imide groups is 1. The van der Waals surface area contributed by atoms with Crippen LogP contribution in [0.4, 0.5) is 0 Å². The highest BCUT2D eigenvalue weighted by Crippen LogP contribution is 2.28. The number of carbonyl (C=O) groups excluding carboxylic acids is 2. The Hall–Kier alpha value is -0.940. The van der Waals surface area contributed by atoms with Crippen molar-refractivity contribution in [3.8, 4) is 0 Å². The van der Waals surface area contributed by atoms with Crippen LogP contribution < -0.4 is 10.6 Å². The van der Waals surface area contributed by atoms with Gasteiger partial charge in [0.25, 0.3) is 0 Å². The van der Waals surface area contributed by atoms with Gasteiger partial charge in [0.1, 0.15) is 0 Å². The second-order valence-electron chi connectivity index (χ2n) is 4.48. The quantitative estimate of drug-likeness (QED) is 0.540. The van der Waals surface area contributed by atoms with Gasteiger partial charge in [0.05, 0.1) is 18.1 Å². The van der Waals surface area contributed by atoms with E-state index in [0.29, 0.717) is 6.54 Å². The van der Waals surface area contributed by atoms with Gasteiger partial charge >= 0.3 is 0 Å². The summed E-state index contributed by atoms with van der Waals surface area (Å²) in [5, 5.41) is 15.2. The standard InChI is InChI=1S/C10H16N2O3/c13-8-5-7(9(14)12-8)11-6-10(15)3-1-2-4-10/h7,11,15H,1-6H2,(H,12,13,14)/t7-/m1/s1. The van der Waals surface area contributed by atoms with Gasteiger partial charge in [-0.3, -0.25) is 14.9 Å². The average Bonchev–Trinajstić information content (AvgIpc) is 2.71. The van der Waals surface area contributed by atoms with Crippen LogP contribution in [0.15, 0.2) is 0 Å². The molecule has 2 amide bonds. The fourth-order valence-electron chi connectivity index (χ4n) is 2.24. The minimum atomic E-state index is -0.675. The summed E-state index contributed by atoms with van der Waals surface area (Å²) >= 11 is 0. The molecule has 0 aromatic carbocycles. The maximum atomic E-state index is 11.2. The second kappa shape index (κ2) is 3.90. The van der Waals surface area contributed by atoms with Crippen LogP contribution in [0, 0.1) is 0 Å². The third-order valence-corrected chi connectivity index (χ3v) is 3.18. The van der Waals surface area contributed by atoms with Gasteiger partial charge in [0, 0.05) is 6.54 Å². The van der Waals surface area contributed by atoms with Gasteiger partial charge in [0.2, 0.25) is 11.8 Å². The highest BCUT2D eigenvalue weighted by Gasteiger charge is 2.35. The number of amides is 2. The van der Waals surface area contributed by atoms with Gasteiger partial charge in [-0.2, -0.15) is 0 Å². The molecule has 1 atom stereocenters. The molecule has 84 valence electrons. The Labute approximate surface area is 88.2 Å². The van der Waals surface area contributed by atoms with Gasteiger partial charge < -0.3 is 10.4 Å². The molecule has 0 aromatic rings. The molecule has 0 radical (unpaired) electrons. The lowest BCUT2D eigenvalue weighted by Crippen LogP contribution is -2.45. The second-order valence-corrected chi connectivity index (χ2v) is 4.48. The Bertz CT molecular complexity index is 284. The minimum absolute atomic E-state index is 0.189. The Morgan fingerprint density at radius 2 is 2.07 bits per heavy atom. The van der Waals surface area contributed by atoms with Gasteiger partial charge in [-0.25, -0.2) is 0 Å². The van der Waals surface area contributed by atoms with Crippen molar-refractivity contribution in [3.05, 3.63) is 0 Å². The monoisotopic (exact) mass is 212 g/mol. The fourth-order valence-corrected chi connectivity index (χ4v) is 2.24. The van der Waals surface area contributed by atoms with Crippen LogP contribution in [-0.4, -0.2) is 35.1 Å². The van der Waals surface area contributed by atoms with Crippen molar-refractivity contribution in [2.75, 3.05) is 6.54 Å². The molecule has 2 aliphatic rings. The summed E-state index contributed by atoms with van der Waals surface area (Å²) in [5.74, 6) is -0.516. The van der Waals surface area contributed by atoms with Crippen molar-refractivity contribution in [3.63, 3.8) is 0 Å². The van der Waals surface area contributed by atoms with Gasteiger partial charge in [0.15, 0.2) is 0 Å². The van der Waals surface area contributed by atoms with Crippen LogP contribution in [-0.2, 0) is 9.59 Å². The van der Waals surface area contributed by atoms with E-state index >= 15 is 0 Å². The molecule has 2 rings (SSSR count). The summed E-state index contributed by atoms with van der Waals surface area (Å²) in [6, 6.07) is -0.456. The van der Waals surface area contributed by atoms with Gasteiger partial charge in [-0.1, -0.05) is 12.8 Å². The summed E-state index contributed by atoms with van der Waals surface area (Å²) in [7, 11) is 0. The van der Waals surface area contributed by atoms with E-state index in [9.17, 15) is 14.7 Å². The zero-order chi connectivity index (χ0) is 10.9. The molecule has 3 N–H and O–H groups in total. The smallest absolute Gasteiger partial charge is 0.244 e. The summed E-state index contributed by atoms with van der Waals surface area (Å²) in [6.45, 7) is 0.401. The normalized spacial score (nSPS) is 29.5. The van der Waals surface area contributed by atoms with Crippen LogP contribution in [0.2, 0.25) is 0 Å². The van der Waals surface area contributed by atoms with Crippen LogP contribution in [0.5, 0.6) is 0 Å². The van der Waals surface area contributed by atoms with E-state index in [1.807, 2.05) is 0 Å². The first-order chi connectivity index (χ1) is 7.09. The van der Waals surface area contributed by atoms with Crippen molar-refractivity contribution in [2.24, 2.45) is 0 Å².